The normalized spacial score (nSPS) is 18.9. The maximum atomic E-state index is 13.2. The highest BCUT2D eigenvalue weighted by molar-refractivity contribution is 7.20. The van der Waals surface area contributed by atoms with Crippen LogP contribution in [0.2, 0.25) is 0 Å². The van der Waals surface area contributed by atoms with Crippen LogP contribution in [0, 0.1) is 12.8 Å². The molecule has 3 rings (SSSR count). The van der Waals surface area contributed by atoms with E-state index < -0.39 is 11.7 Å². The van der Waals surface area contributed by atoms with E-state index in [4.69, 9.17) is 9.47 Å². The van der Waals surface area contributed by atoms with E-state index in [9.17, 15) is 14.4 Å². The lowest BCUT2D eigenvalue weighted by Gasteiger charge is -2.18. The van der Waals surface area contributed by atoms with E-state index in [2.05, 4.69) is 10.5 Å². The molecule has 0 spiro atoms. The van der Waals surface area contributed by atoms with Crippen molar-refractivity contribution in [3.8, 4) is 0 Å². The Kier molecular flexibility index (Phi) is 6.19. The number of aromatic nitrogens is 2. The van der Waals surface area contributed by atoms with Crippen LogP contribution in [0.1, 0.15) is 50.6 Å². The lowest BCUT2D eigenvalue weighted by Crippen LogP contribution is -2.40. The Morgan fingerprint density at radius 1 is 1.37 bits per heavy atom. The number of hydrogen-bond donors (Lipinski definition) is 1. The Hall–Kier alpha value is -2.46. The molecular weight excluding hydrogens is 408 g/mol. The third-order valence-electron chi connectivity index (χ3n) is 4.93. The van der Waals surface area contributed by atoms with Gasteiger partial charge in [0.25, 0.3) is 5.56 Å². The molecule has 1 amide bonds. The molecule has 2 atom stereocenters. The summed E-state index contributed by atoms with van der Waals surface area (Å²) in [4.78, 5) is 39.3. The van der Waals surface area contributed by atoms with Crippen LogP contribution in [0.3, 0.4) is 0 Å². The molecule has 1 N–H and O–H groups in total. The lowest BCUT2D eigenvalue weighted by molar-refractivity contribution is 0.0529. The number of rotatable bonds is 6. The second-order valence-corrected chi connectivity index (χ2v) is 9.56. The molecule has 164 valence electrons. The zero-order chi connectivity index (χ0) is 22.2. The van der Waals surface area contributed by atoms with Gasteiger partial charge in [-0.1, -0.05) is 6.92 Å². The molecule has 1 fully saturated rings. The second-order valence-electron chi connectivity index (χ2n) is 8.53. The number of amides is 1. The molecule has 2 aromatic rings. The van der Waals surface area contributed by atoms with E-state index in [0.717, 1.165) is 12.0 Å². The van der Waals surface area contributed by atoms with Gasteiger partial charge in [0.1, 0.15) is 10.4 Å². The first-order valence-corrected chi connectivity index (χ1v) is 10.7. The number of thiophene rings is 1. The topological polar surface area (TPSA) is 104 Å². The highest BCUT2D eigenvalue weighted by atomic mass is 32.1. The first-order chi connectivity index (χ1) is 14.0. The summed E-state index contributed by atoms with van der Waals surface area (Å²) >= 11 is 1.29. The summed E-state index contributed by atoms with van der Waals surface area (Å²) < 4.78 is 13.3. The number of ether oxygens (including phenoxy) is 2. The van der Waals surface area contributed by atoms with Crippen molar-refractivity contribution in [2.24, 2.45) is 11.0 Å². The largest absolute Gasteiger partial charge is 0.443 e. The molecule has 1 aliphatic rings. The van der Waals surface area contributed by atoms with E-state index in [1.165, 1.54) is 22.1 Å². The number of aryl methyl sites for hydroxylation is 1. The molecule has 0 radical (unpaired) electrons. The van der Waals surface area contributed by atoms with Crippen molar-refractivity contribution in [1.29, 1.82) is 0 Å². The van der Waals surface area contributed by atoms with Crippen LogP contribution in [0.4, 0.5) is 4.79 Å². The Labute approximate surface area is 178 Å². The molecule has 10 heteroatoms. The molecule has 0 aliphatic heterocycles. The zero-order valence-corrected chi connectivity index (χ0v) is 19.0. The van der Waals surface area contributed by atoms with E-state index in [0.29, 0.717) is 34.2 Å². The molecular formula is C20H28N4O5S. The summed E-state index contributed by atoms with van der Waals surface area (Å²) in [5.41, 5.74) is 1.84. The first-order valence-electron chi connectivity index (χ1n) is 9.84. The summed E-state index contributed by atoms with van der Waals surface area (Å²) in [6, 6.07) is -0.0616. The fourth-order valence-corrected chi connectivity index (χ4v) is 4.47. The summed E-state index contributed by atoms with van der Waals surface area (Å²) in [7, 11) is 1.57. The number of hydrazone groups is 1. The molecule has 30 heavy (non-hydrogen) atoms. The highest BCUT2D eigenvalue weighted by Crippen LogP contribution is 2.41. The first kappa shape index (κ1) is 22.2. The van der Waals surface area contributed by atoms with E-state index in [-0.39, 0.29) is 17.3 Å². The molecule has 9 nitrogen and oxygen atoms in total. The Bertz CT molecular complexity index is 1110. The van der Waals surface area contributed by atoms with E-state index >= 15 is 0 Å². The molecule has 2 heterocycles. The van der Waals surface area contributed by atoms with Gasteiger partial charge in [0.2, 0.25) is 0 Å². The van der Waals surface area contributed by atoms with Crippen molar-refractivity contribution in [1.82, 2.24) is 14.6 Å². The number of nitrogens with one attached hydrogen (secondary N) is 1. The molecule has 0 saturated heterocycles. The number of nitrogens with zero attached hydrogens (tertiary/aromatic N) is 3. The van der Waals surface area contributed by atoms with Crippen LogP contribution < -0.4 is 16.7 Å². The number of fused-ring (bicyclic) bond motifs is 1. The monoisotopic (exact) mass is 436 g/mol. The van der Waals surface area contributed by atoms with E-state index in [1.54, 1.807) is 32.4 Å². The molecule has 1 aliphatic carbocycles. The number of carbonyl (C=O) groups excluding carboxylic acids is 1. The lowest BCUT2D eigenvalue weighted by atomic mass is 10.2. The van der Waals surface area contributed by atoms with Crippen LogP contribution in [0.5, 0.6) is 0 Å². The van der Waals surface area contributed by atoms with Crippen LogP contribution in [0.15, 0.2) is 14.7 Å². The van der Waals surface area contributed by atoms with Crippen LogP contribution in [0.25, 0.3) is 10.2 Å². The minimum Gasteiger partial charge on any atom is -0.443 e. The molecule has 0 unspecified atom stereocenters. The van der Waals surface area contributed by atoms with Gasteiger partial charge in [-0.15, -0.1) is 11.3 Å². The molecule has 2 aromatic heterocycles. The number of carbonyl (C=O) groups is 1. The van der Waals surface area contributed by atoms with Crippen molar-refractivity contribution in [2.45, 2.75) is 59.2 Å². The summed E-state index contributed by atoms with van der Waals surface area (Å²) in [5, 5.41) is 4.46. The summed E-state index contributed by atoms with van der Waals surface area (Å²) in [6.45, 7) is 9.84. The Morgan fingerprint density at radius 2 is 2.03 bits per heavy atom. The van der Waals surface area contributed by atoms with Gasteiger partial charge in [0.15, 0.2) is 0 Å². The summed E-state index contributed by atoms with van der Waals surface area (Å²) in [6.07, 6.45) is 1.63. The molecule has 1 saturated carbocycles. The van der Waals surface area contributed by atoms with Crippen molar-refractivity contribution in [2.75, 3.05) is 13.7 Å². The van der Waals surface area contributed by atoms with E-state index in [1.807, 2.05) is 13.8 Å². The smallest absolute Gasteiger partial charge is 0.428 e. The highest BCUT2D eigenvalue weighted by Gasteiger charge is 2.38. The standard InChI is InChI=1S/C20H28N4O5S/c1-11-9-13(11)24-16(25)15-12(2)14(10-21-22-18(26)29-20(3,4)5)30-17(15)23(19(24)27)7-8-28-6/h10-11,13H,7-9H2,1-6H3,(H,22,26)/t11-,13-/m0/s1. The fourth-order valence-electron chi connectivity index (χ4n) is 3.28. The predicted molar refractivity (Wildman–Crippen MR) is 117 cm³/mol. The van der Waals surface area contributed by atoms with Gasteiger partial charge in [0.05, 0.1) is 29.6 Å². The van der Waals surface area contributed by atoms with Crippen molar-refractivity contribution >= 4 is 33.9 Å². The number of hydrogen-bond acceptors (Lipinski definition) is 7. The minimum absolute atomic E-state index is 0.0616. The van der Waals surface area contributed by atoms with Gasteiger partial charge >= 0.3 is 11.8 Å². The van der Waals surface area contributed by atoms with Gasteiger partial charge in [-0.3, -0.25) is 13.9 Å². The third-order valence-corrected chi connectivity index (χ3v) is 6.18. The average Bonchev–Trinajstić information content (AvgIpc) is 3.24. The van der Waals surface area contributed by atoms with Crippen molar-refractivity contribution in [3.63, 3.8) is 0 Å². The van der Waals surface area contributed by atoms with Crippen molar-refractivity contribution < 1.29 is 14.3 Å². The second kappa shape index (κ2) is 8.35. The van der Waals surface area contributed by atoms with Crippen LogP contribution in [-0.2, 0) is 16.0 Å². The SMILES string of the molecule is COCCn1c(=O)n([C@H]2C[C@@H]2C)c(=O)c2c(C)c(C=NNC(=O)OC(C)(C)C)sc21. The molecule has 0 aromatic carbocycles. The summed E-state index contributed by atoms with van der Waals surface area (Å²) in [5.74, 6) is 0.307. The molecule has 0 bridgehead atoms. The Balaban J connectivity index is 2.02. The van der Waals surface area contributed by atoms with Crippen LogP contribution >= 0.6 is 11.3 Å². The zero-order valence-electron chi connectivity index (χ0n) is 18.1. The van der Waals surface area contributed by atoms with Gasteiger partial charge in [-0.05, 0) is 45.6 Å². The maximum Gasteiger partial charge on any atom is 0.428 e. The number of methoxy groups -OCH3 is 1. The fraction of sp³-hybridized carbons (Fsp3) is 0.600. The van der Waals surface area contributed by atoms with Gasteiger partial charge < -0.3 is 9.47 Å². The predicted octanol–water partition coefficient (Wildman–Crippen LogP) is 2.62. The minimum atomic E-state index is -0.667. The van der Waals surface area contributed by atoms with Gasteiger partial charge in [-0.2, -0.15) is 5.10 Å². The maximum absolute atomic E-state index is 13.2. The van der Waals surface area contributed by atoms with Crippen molar-refractivity contribution in [3.05, 3.63) is 31.3 Å². The van der Waals surface area contributed by atoms with Gasteiger partial charge in [-0.25, -0.2) is 15.0 Å². The quantitative estimate of drug-likeness (QED) is 0.554. The average molecular weight is 437 g/mol. The van der Waals surface area contributed by atoms with Crippen LogP contribution in [-0.4, -0.2) is 40.8 Å². The third kappa shape index (κ3) is 4.49. The Morgan fingerprint density at radius 3 is 2.60 bits per heavy atom. The van der Waals surface area contributed by atoms with Gasteiger partial charge in [0, 0.05) is 13.2 Å².